The molecule has 0 aliphatic rings. The summed E-state index contributed by atoms with van der Waals surface area (Å²) in [5, 5.41) is 12.0. The molecule has 6 nitrogen and oxygen atoms in total. The molecule has 0 saturated heterocycles. The van der Waals surface area contributed by atoms with Gasteiger partial charge in [-0.1, -0.05) is 12.1 Å². The van der Waals surface area contributed by atoms with E-state index in [4.69, 9.17) is 0 Å². The number of Topliss-reactive ketones (excluding diaryl/α,β-unsaturated/α-hetero) is 1. The van der Waals surface area contributed by atoms with Gasteiger partial charge in [-0.3, -0.25) is 9.59 Å². The van der Waals surface area contributed by atoms with E-state index >= 15 is 0 Å². The van der Waals surface area contributed by atoms with Crippen LogP contribution in [0.3, 0.4) is 0 Å². The molecule has 0 saturated carbocycles. The number of fused-ring (bicyclic) bond motifs is 1. The number of ketones is 1. The van der Waals surface area contributed by atoms with Crippen LogP contribution in [0.5, 0.6) is 0 Å². The number of anilines is 1. The zero-order chi connectivity index (χ0) is 18.0. The van der Waals surface area contributed by atoms with Gasteiger partial charge < -0.3 is 9.72 Å². The predicted molar refractivity (Wildman–Crippen MR) is 93.2 cm³/mol. The molecule has 1 unspecified atom stereocenters. The number of hydrogen-bond donors (Lipinski definition) is 1. The first-order chi connectivity index (χ1) is 12.0. The molecule has 0 spiro atoms. The van der Waals surface area contributed by atoms with Gasteiger partial charge in [0.15, 0.2) is 11.7 Å². The summed E-state index contributed by atoms with van der Waals surface area (Å²) >= 11 is 0. The monoisotopic (exact) mass is 332 g/mol. The lowest BCUT2D eigenvalue weighted by atomic mass is 9.98. The minimum absolute atomic E-state index is 0.302. The van der Waals surface area contributed by atoms with Crippen LogP contribution in [0.1, 0.15) is 21.5 Å². The van der Waals surface area contributed by atoms with Crippen LogP contribution in [0.2, 0.25) is 0 Å². The van der Waals surface area contributed by atoms with Crippen molar-refractivity contribution in [2.45, 2.75) is 13.8 Å². The highest BCUT2D eigenvalue weighted by Crippen LogP contribution is 2.19. The Balaban J connectivity index is 1.85. The summed E-state index contributed by atoms with van der Waals surface area (Å²) in [7, 11) is 0. The van der Waals surface area contributed by atoms with Gasteiger partial charge in [0.2, 0.25) is 5.91 Å². The predicted octanol–water partition coefficient (Wildman–Crippen LogP) is 2.91. The maximum atomic E-state index is 12.6. The van der Waals surface area contributed by atoms with Crippen LogP contribution < -0.4 is 5.32 Å². The minimum atomic E-state index is -1.41. The van der Waals surface area contributed by atoms with Crippen molar-refractivity contribution < 1.29 is 9.59 Å². The normalized spacial score (nSPS) is 11.7. The van der Waals surface area contributed by atoms with Crippen molar-refractivity contribution in [2.75, 3.05) is 5.32 Å². The Morgan fingerprint density at radius 1 is 1.24 bits per heavy atom. The highest BCUT2D eigenvalue weighted by Gasteiger charge is 2.28. The first-order valence-electron chi connectivity index (χ1n) is 7.73. The molecule has 0 bridgehead atoms. The second kappa shape index (κ2) is 6.57. The average Bonchev–Trinajstić information content (AvgIpc) is 3.06. The SMILES string of the molecule is Cc1ccc(C)c(NC(=O)C(C#N)C(=O)c2ccn3cncc3c2)c1. The van der Waals surface area contributed by atoms with Gasteiger partial charge in [0.05, 0.1) is 24.1 Å². The van der Waals surface area contributed by atoms with E-state index < -0.39 is 17.6 Å². The maximum Gasteiger partial charge on any atom is 0.249 e. The molecule has 1 aromatic carbocycles. The highest BCUT2D eigenvalue weighted by molar-refractivity contribution is 6.15. The van der Waals surface area contributed by atoms with E-state index in [1.54, 1.807) is 35.3 Å². The number of hydrogen-bond acceptors (Lipinski definition) is 4. The van der Waals surface area contributed by atoms with Crippen molar-refractivity contribution in [3.63, 3.8) is 0 Å². The molecule has 2 aromatic heterocycles. The Morgan fingerprint density at radius 2 is 2.04 bits per heavy atom. The summed E-state index contributed by atoms with van der Waals surface area (Å²) in [6.45, 7) is 3.76. The van der Waals surface area contributed by atoms with E-state index in [1.807, 2.05) is 38.1 Å². The molecule has 1 N–H and O–H groups in total. The van der Waals surface area contributed by atoms with E-state index in [0.717, 1.165) is 16.6 Å². The van der Waals surface area contributed by atoms with E-state index in [-0.39, 0.29) is 0 Å². The third-order valence-electron chi connectivity index (χ3n) is 4.00. The topological polar surface area (TPSA) is 87.3 Å². The number of carbonyl (C=O) groups excluding carboxylic acids is 2. The maximum absolute atomic E-state index is 12.6. The summed E-state index contributed by atoms with van der Waals surface area (Å²) in [6.07, 6.45) is 4.89. The van der Waals surface area contributed by atoms with Crippen LogP contribution in [0.4, 0.5) is 5.69 Å². The molecule has 0 aliphatic carbocycles. The van der Waals surface area contributed by atoms with E-state index in [9.17, 15) is 14.9 Å². The number of pyridine rings is 1. The summed E-state index contributed by atoms with van der Waals surface area (Å²) in [6, 6.07) is 10.6. The van der Waals surface area contributed by atoms with Crippen LogP contribution in [0.25, 0.3) is 5.52 Å². The van der Waals surface area contributed by atoms with E-state index in [2.05, 4.69) is 10.3 Å². The van der Waals surface area contributed by atoms with Crippen LogP contribution in [-0.4, -0.2) is 21.1 Å². The molecule has 3 aromatic rings. The van der Waals surface area contributed by atoms with E-state index in [0.29, 0.717) is 11.3 Å². The summed E-state index contributed by atoms with van der Waals surface area (Å²) in [5.41, 5.74) is 3.47. The number of nitriles is 1. The molecule has 3 rings (SSSR count). The quantitative estimate of drug-likeness (QED) is 0.588. The summed E-state index contributed by atoms with van der Waals surface area (Å²) in [5.74, 6) is -2.58. The fourth-order valence-electron chi connectivity index (χ4n) is 2.55. The molecule has 1 amide bonds. The lowest BCUT2D eigenvalue weighted by Gasteiger charge is -2.12. The number of aromatic nitrogens is 2. The van der Waals surface area contributed by atoms with Crippen molar-refractivity contribution in [2.24, 2.45) is 5.92 Å². The Labute approximate surface area is 144 Å². The molecular weight excluding hydrogens is 316 g/mol. The number of amides is 1. The largest absolute Gasteiger partial charge is 0.324 e. The molecular formula is C19H16N4O2. The fourth-order valence-corrected chi connectivity index (χ4v) is 2.55. The molecule has 0 fully saturated rings. The Hall–Kier alpha value is -3.46. The summed E-state index contributed by atoms with van der Waals surface area (Å²) in [4.78, 5) is 29.1. The number of aryl methyl sites for hydroxylation is 2. The third-order valence-corrected chi connectivity index (χ3v) is 4.00. The molecule has 124 valence electrons. The lowest BCUT2D eigenvalue weighted by molar-refractivity contribution is -0.117. The number of carbonyl (C=O) groups is 2. The van der Waals surface area contributed by atoms with Gasteiger partial charge in [-0.05, 0) is 43.2 Å². The first-order valence-corrected chi connectivity index (χ1v) is 7.73. The van der Waals surface area contributed by atoms with Crippen molar-refractivity contribution in [3.05, 3.63) is 65.7 Å². The second-order valence-corrected chi connectivity index (χ2v) is 5.88. The fraction of sp³-hybridized carbons (Fsp3) is 0.158. The molecule has 6 heteroatoms. The first kappa shape index (κ1) is 16.4. The second-order valence-electron chi connectivity index (χ2n) is 5.88. The molecule has 0 radical (unpaired) electrons. The Morgan fingerprint density at radius 3 is 2.80 bits per heavy atom. The number of nitrogens with zero attached hydrogens (tertiary/aromatic N) is 3. The number of nitrogens with one attached hydrogen (secondary N) is 1. The van der Waals surface area contributed by atoms with Gasteiger partial charge in [-0.25, -0.2) is 4.98 Å². The zero-order valence-corrected chi connectivity index (χ0v) is 13.9. The molecule has 25 heavy (non-hydrogen) atoms. The molecule has 1 atom stereocenters. The van der Waals surface area contributed by atoms with Crippen molar-refractivity contribution in [3.8, 4) is 6.07 Å². The zero-order valence-electron chi connectivity index (χ0n) is 13.9. The van der Waals surface area contributed by atoms with Crippen LogP contribution in [-0.2, 0) is 4.79 Å². The number of benzene rings is 1. The van der Waals surface area contributed by atoms with Crippen LogP contribution in [0.15, 0.2) is 49.1 Å². The minimum Gasteiger partial charge on any atom is -0.324 e. The van der Waals surface area contributed by atoms with Crippen LogP contribution in [0, 0.1) is 31.1 Å². The number of imidazole rings is 1. The van der Waals surface area contributed by atoms with Gasteiger partial charge in [-0.2, -0.15) is 5.26 Å². The average molecular weight is 332 g/mol. The standard InChI is InChI=1S/C19H16N4O2/c1-12-3-4-13(2)17(7-12)22-19(25)16(9-20)18(24)14-5-6-23-11-21-10-15(23)8-14/h3-8,10-11,16H,1-2H3,(H,22,25). The van der Waals surface area contributed by atoms with Crippen molar-refractivity contribution >= 4 is 22.9 Å². The number of rotatable bonds is 4. The lowest BCUT2D eigenvalue weighted by Crippen LogP contribution is -2.29. The Bertz CT molecular complexity index is 1010. The molecule has 2 heterocycles. The van der Waals surface area contributed by atoms with Crippen LogP contribution >= 0.6 is 0 Å². The van der Waals surface area contributed by atoms with Crippen molar-refractivity contribution in [1.82, 2.24) is 9.38 Å². The van der Waals surface area contributed by atoms with Gasteiger partial charge >= 0.3 is 0 Å². The van der Waals surface area contributed by atoms with Gasteiger partial charge in [-0.15, -0.1) is 0 Å². The van der Waals surface area contributed by atoms with Gasteiger partial charge in [0.25, 0.3) is 0 Å². The van der Waals surface area contributed by atoms with Gasteiger partial charge in [0.1, 0.15) is 0 Å². The smallest absolute Gasteiger partial charge is 0.249 e. The molecule has 0 aliphatic heterocycles. The third kappa shape index (κ3) is 3.26. The van der Waals surface area contributed by atoms with E-state index in [1.165, 1.54) is 0 Å². The Kier molecular flexibility index (Phi) is 4.31. The summed E-state index contributed by atoms with van der Waals surface area (Å²) < 4.78 is 1.74. The highest BCUT2D eigenvalue weighted by atomic mass is 16.2. The van der Waals surface area contributed by atoms with Crippen molar-refractivity contribution in [1.29, 1.82) is 5.26 Å². The van der Waals surface area contributed by atoms with Gasteiger partial charge in [0, 0.05) is 17.4 Å².